The third-order valence-electron chi connectivity index (χ3n) is 5.73. The number of halogens is 1. The van der Waals surface area contributed by atoms with E-state index in [1.807, 2.05) is 17.0 Å². The van der Waals surface area contributed by atoms with Gasteiger partial charge in [0.05, 0.1) is 0 Å². The summed E-state index contributed by atoms with van der Waals surface area (Å²) in [6.45, 7) is 7.03. The summed E-state index contributed by atoms with van der Waals surface area (Å²) >= 11 is 0. The molecule has 1 atom stereocenters. The van der Waals surface area contributed by atoms with E-state index in [-0.39, 0.29) is 11.7 Å². The third-order valence-corrected chi connectivity index (χ3v) is 5.73. The van der Waals surface area contributed by atoms with E-state index in [1.54, 1.807) is 7.05 Å². The average molecular weight is 390 g/mol. The number of nitrogens with zero attached hydrogens (tertiary/aromatic N) is 4. The number of rotatable bonds is 4. The zero-order chi connectivity index (χ0) is 19.9. The van der Waals surface area contributed by atoms with Crippen molar-refractivity contribution in [3.05, 3.63) is 30.1 Å². The summed E-state index contributed by atoms with van der Waals surface area (Å²) in [7, 11) is 1.78. The van der Waals surface area contributed by atoms with E-state index in [4.69, 9.17) is 0 Å². The van der Waals surface area contributed by atoms with Crippen LogP contribution in [0.25, 0.3) is 0 Å². The van der Waals surface area contributed by atoms with Crippen LogP contribution in [0.5, 0.6) is 0 Å². The largest absolute Gasteiger partial charge is 0.368 e. The number of hydrogen-bond acceptors (Lipinski definition) is 3. The van der Waals surface area contributed by atoms with Crippen LogP contribution in [0.3, 0.4) is 0 Å². The van der Waals surface area contributed by atoms with E-state index in [0.29, 0.717) is 19.0 Å². The maximum atomic E-state index is 13.1. The average Bonchev–Trinajstić information content (AvgIpc) is 2.72. The van der Waals surface area contributed by atoms with Crippen LogP contribution in [0.4, 0.5) is 10.1 Å². The van der Waals surface area contributed by atoms with E-state index in [2.05, 4.69) is 27.0 Å². The molecule has 2 saturated heterocycles. The Labute approximate surface area is 167 Å². The number of amides is 1. The van der Waals surface area contributed by atoms with E-state index in [9.17, 15) is 9.18 Å². The number of aliphatic imine (C=N–C) groups is 1. The van der Waals surface area contributed by atoms with E-state index < -0.39 is 0 Å². The first-order chi connectivity index (χ1) is 13.6. The summed E-state index contributed by atoms with van der Waals surface area (Å²) in [6.07, 6.45) is 3.95. The van der Waals surface area contributed by atoms with Crippen LogP contribution in [0, 0.1) is 5.82 Å². The predicted molar refractivity (Wildman–Crippen MR) is 111 cm³/mol. The van der Waals surface area contributed by atoms with Crippen molar-refractivity contribution in [2.45, 2.75) is 38.6 Å². The second-order valence-corrected chi connectivity index (χ2v) is 7.61. The smallest absolute Gasteiger partial charge is 0.224 e. The van der Waals surface area contributed by atoms with Gasteiger partial charge in [-0.25, -0.2) is 4.39 Å². The number of likely N-dealkylation sites (tertiary alicyclic amines) is 1. The summed E-state index contributed by atoms with van der Waals surface area (Å²) in [5.74, 6) is 0.870. The monoisotopic (exact) mass is 389 g/mol. The number of nitrogens with one attached hydrogen (secondary N) is 1. The Morgan fingerprint density at radius 2 is 1.86 bits per heavy atom. The molecule has 1 aromatic rings. The molecule has 0 aromatic heterocycles. The minimum atomic E-state index is -0.208. The molecule has 0 aliphatic carbocycles. The van der Waals surface area contributed by atoms with Gasteiger partial charge in [-0.3, -0.25) is 9.79 Å². The van der Waals surface area contributed by atoms with Gasteiger partial charge in [0.15, 0.2) is 5.96 Å². The molecular formula is C21H32FN5O. The summed E-state index contributed by atoms with van der Waals surface area (Å²) < 4.78 is 13.1. The van der Waals surface area contributed by atoms with Crippen molar-refractivity contribution in [2.24, 2.45) is 4.99 Å². The lowest BCUT2D eigenvalue weighted by Crippen LogP contribution is -2.53. The molecular weight excluding hydrogens is 357 g/mol. The Balaban J connectivity index is 1.43. The minimum Gasteiger partial charge on any atom is -0.368 e. The molecule has 0 spiro atoms. The number of guanidine groups is 1. The number of carbonyl (C=O) groups is 1. The number of carbonyl (C=O) groups excluding carboxylic acids is 1. The van der Waals surface area contributed by atoms with Gasteiger partial charge >= 0.3 is 0 Å². The van der Waals surface area contributed by atoms with Crippen LogP contribution in [0.2, 0.25) is 0 Å². The summed E-state index contributed by atoms with van der Waals surface area (Å²) in [5, 5.41) is 3.35. The molecule has 0 saturated carbocycles. The molecule has 154 valence electrons. The first-order valence-corrected chi connectivity index (χ1v) is 10.3. The van der Waals surface area contributed by atoms with Crippen LogP contribution >= 0.6 is 0 Å². The van der Waals surface area contributed by atoms with Crippen molar-refractivity contribution in [3.63, 3.8) is 0 Å². The van der Waals surface area contributed by atoms with Crippen molar-refractivity contribution < 1.29 is 9.18 Å². The lowest BCUT2D eigenvalue weighted by Gasteiger charge is -2.38. The van der Waals surface area contributed by atoms with Crippen LogP contribution in [0.15, 0.2) is 29.3 Å². The highest BCUT2D eigenvalue weighted by atomic mass is 19.1. The number of hydrogen-bond donors (Lipinski definition) is 1. The standard InChI is InChI=1S/C21H32FN5O/c1-17-5-3-4-12-27(17)20(28)10-11-24-21(23-2)26-15-13-25(14-16-26)19-8-6-18(22)7-9-19/h6-9,17H,3-5,10-16H2,1-2H3,(H,23,24). The van der Waals surface area contributed by atoms with Gasteiger partial charge in [0.25, 0.3) is 0 Å². The van der Waals surface area contributed by atoms with E-state index in [0.717, 1.165) is 57.2 Å². The highest BCUT2D eigenvalue weighted by Crippen LogP contribution is 2.18. The first-order valence-electron chi connectivity index (χ1n) is 10.3. The lowest BCUT2D eigenvalue weighted by atomic mass is 10.0. The number of benzene rings is 1. The van der Waals surface area contributed by atoms with Crippen LogP contribution in [-0.4, -0.2) is 74.0 Å². The van der Waals surface area contributed by atoms with Gasteiger partial charge in [-0.2, -0.15) is 0 Å². The fourth-order valence-electron chi connectivity index (χ4n) is 4.05. The third kappa shape index (κ3) is 5.14. The van der Waals surface area contributed by atoms with Gasteiger partial charge < -0.3 is 20.0 Å². The van der Waals surface area contributed by atoms with E-state index in [1.165, 1.54) is 18.6 Å². The molecule has 6 nitrogen and oxygen atoms in total. The molecule has 3 rings (SSSR count). The van der Waals surface area contributed by atoms with Crippen molar-refractivity contribution in [1.82, 2.24) is 15.1 Å². The minimum absolute atomic E-state index is 0.208. The van der Waals surface area contributed by atoms with Crippen LogP contribution in [-0.2, 0) is 4.79 Å². The molecule has 2 fully saturated rings. The molecule has 1 amide bonds. The highest BCUT2D eigenvalue weighted by Gasteiger charge is 2.23. The van der Waals surface area contributed by atoms with Crippen molar-refractivity contribution in [3.8, 4) is 0 Å². The van der Waals surface area contributed by atoms with Gasteiger partial charge in [0, 0.05) is 64.5 Å². The molecule has 7 heteroatoms. The zero-order valence-electron chi connectivity index (χ0n) is 17.0. The SMILES string of the molecule is CN=C(NCCC(=O)N1CCCCC1C)N1CCN(c2ccc(F)cc2)CC1. The molecule has 1 aromatic carbocycles. The Morgan fingerprint density at radius 3 is 2.50 bits per heavy atom. The zero-order valence-corrected chi connectivity index (χ0v) is 17.0. The fraction of sp³-hybridized carbons (Fsp3) is 0.619. The molecule has 0 radical (unpaired) electrons. The predicted octanol–water partition coefficient (Wildman–Crippen LogP) is 2.31. The van der Waals surface area contributed by atoms with Crippen molar-refractivity contribution in [2.75, 3.05) is 51.2 Å². The van der Waals surface area contributed by atoms with Gasteiger partial charge in [0.1, 0.15) is 5.82 Å². The molecule has 2 aliphatic heterocycles. The highest BCUT2D eigenvalue weighted by molar-refractivity contribution is 5.81. The maximum Gasteiger partial charge on any atom is 0.224 e. The maximum absolute atomic E-state index is 13.1. The fourth-order valence-corrected chi connectivity index (χ4v) is 4.05. The summed E-state index contributed by atoms with van der Waals surface area (Å²) in [6, 6.07) is 7.02. The summed E-state index contributed by atoms with van der Waals surface area (Å²) in [4.78, 5) is 23.4. The quantitative estimate of drug-likeness (QED) is 0.634. The number of piperazine rings is 1. The summed E-state index contributed by atoms with van der Waals surface area (Å²) in [5.41, 5.74) is 1.05. The molecule has 2 heterocycles. The first kappa shape index (κ1) is 20.4. The lowest BCUT2D eigenvalue weighted by molar-refractivity contribution is -0.134. The molecule has 1 N–H and O–H groups in total. The Kier molecular flexibility index (Phi) is 7.12. The normalized spacial score (nSPS) is 21.0. The van der Waals surface area contributed by atoms with Crippen LogP contribution < -0.4 is 10.2 Å². The number of piperidine rings is 1. The number of anilines is 1. The van der Waals surface area contributed by atoms with Crippen molar-refractivity contribution >= 4 is 17.6 Å². The Bertz CT molecular complexity index is 670. The van der Waals surface area contributed by atoms with Gasteiger partial charge in [-0.15, -0.1) is 0 Å². The second-order valence-electron chi connectivity index (χ2n) is 7.61. The van der Waals surface area contributed by atoms with E-state index >= 15 is 0 Å². The second kappa shape index (κ2) is 9.75. The molecule has 1 unspecified atom stereocenters. The van der Waals surface area contributed by atoms with Crippen molar-refractivity contribution in [1.29, 1.82) is 0 Å². The topological polar surface area (TPSA) is 51.2 Å². The molecule has 0 bridgehead atoms. The Hall–Kier alpha value is -2.31. The Morgan fingerprint density at radius 1 is 1.14 bits per heavy atom. The van der Waals surface area contributed by atoms with Gasteiger partial charge in [0.2, 0.25) is 5.91 Å². The molecule has 2 aliphatic rings. The molecule has 28 heavy (non-hydrogen) atoms. The van der Waals surface area contributed by atoms with Gasteiger partial charge in [-0.1, -0.05) is 0 Å². The van der Waals surface area contributed by atoms with Crippen LogP contribution in [0.1, 0.15) is 32.6 Å². The van der Waals surface area contributed by atoms with Gasteiger partial charge in [-0.05, 0) is 50.5 Å².